The highest BCUT2D eigenvalue weighted by atomic mass is 79.9. The number of carboxylic acids is 1. The standard InChI is InChI=1S/C10H13BrN2O2S/c11-10-13-7(8(16-10)9(14)15)5-12-6-3-1-2-4-6/h6,12H,1-5H2,(H,14,15). The minimum Gasteiger partial charge on any atom is -0.477 e. The van der Waals surface area contributed by atoms with Gasteiger partial charge in [0.2, 0.25) is 0 Å². The number of carbonyl (C=O) groups is 1. The minimum atomic E-state index is -0.897. The topological polar surface area (TPSA) is 62.2 Å². The maximum atomic E-state index is 11.0. The van der Waals surface area contributed by atoms with Crippen molar-refractivity contribution in [1.82, 2.24) is 10.3 Å². The third-order valence-corrected chi connectivity index (χ3v) is 4.32. The van der Waals surface area contributed by atoms with Crippen molar-refractivity contribution in [3.05, 3.63) is 14.5 Å². The van der Waals surface area contributed by atoms with Crippen molar-refractivity contribution in [2.24, 2.45) is 0 Å². The number of aromatic nitrogens is 1. The van der Waals surface area contributed by atoms with Gasteiger partial charge in [-0.15, -0.1) is 0 Å². The summed E-state index contributed by atoms with van der Waals surface area (Å²) < 4.78 is 0.633. The molecule has 0 saturated heterocycles. The summed E-state index contributed by atoms with van der Waals surface area (Å²) in [7, 11) is 0. The van der Waals surface area contributed by atoms with E-state index in [1.807, 2.05) is 0 Å². The quantitative estimate of drug-likeness (QED) is 0.897. The van der Waals surface area contributed by atoms with E-state index >= 15 is 0 Å². The highest BCUT2D eigenvalue weighted by Crippen LogP contribution is 2.24. The van der Waals surface area contributed by atoms with Crippen molar-refractivity contribution in [2.75, 3.05) is 0 Å². The lowest BCUT2D eigenvalue weighted by atomic mass is 10.2. The molecule has 0 atom stereocenters. The van der Waals surface area contributed by atoms with Gasteiger partial charge in [0.25, 0.3) is 0 Å². The Morgan fingerprint density at radius 2 is 2.25 bits per heavy atom. The zero-order chi connectivity index (χ0) is 11.5. The van der Waals surface area contributed by atoms with Gasteiger partial charge in [-0.05, 0) is 28.8 Å². The SMILES string of the molecule is O=C(O)c1sc(Br)nc1CNC1CCCC1. The highest BCUT2D eigenvalue weighted by molar-refractivity contribution is 9.11. The molecule has 1 saturated carbocycles. The molecule has 0 unspecified atom stereocenters. The summed E-state index contributed by atoms with van der Waals surface area (Å²) in [5, 5.41) is 12.4. The van der Waals surface area contributed by atoms with Crippen molar-refractivity contribution in [1.29, 1.82) is 0 Å². The Morgan fingerprint density at radius 1 is 1.56 bits per heavy atom. The summed E-state index contributed by atoms with van der Waals surface area (Å²) >= 11 is 4.39. The number of hydrogen-bond acceptors (Lipinski definition) is 4. The summed E-state index contributed by atoms with van der Waals surface area (Å²) in [5.74, 6) is -0.897. The van der Waals surface area contributed by atoms with E-state index in [2.05, 4.69) is 26.2 Å². The largest absolute Gasteiger partial charge is 0.477 e. The van der Waals surface area contributed by atoms with Crippen LogP contribution in [0.4, 0.5) is 0 Å². The zero-order valence-electron chi connectivity index (χ0n) is 8.70. The molecule has 1 aliphatic rings. The number of nitrogens with one attached hydrogen (secondary N) is 1. The molecule has 16 heavy (non-hydrogen) atoms. The first kappa shape index (κ1) is 12.0. The molecule has 2 N–H and O–H groups in total. The van der Waals surface area contributed by atoms with Crippen molar-refractivity contribution in [2.45, 2.75) is 38.3 Å². The number of hydrogen-bond donors (Lipinski definition) is 2. The first-order chi connectivity index (χ1) is 7.66. The van der Waals surface area contributed by atoms with Crippen LogP contribution in [0.3, 0.4) is 0 Å². The molecule has 4 nitrogen and oxygen atoms in total. The molecule has 1 aromatic heterocycles. The van der Waals surface area contributed by atoms with Crippen LogP contribution < -0.4 is 5.32 Å². The summed E-state index contributed by atoms with van der Waals surface area (Å²) in [6.07, 6.45) is 4.91. The Kier molecular flexibility index (Phi) is 3.94. The Balaban J connectivity index is 1.99. The molecule has 1 heterocycles. The molecule has 2 rings (SSSR count). The Bertz CT molecular complexity index is 388. The van der Waals surface area contributed by atoms with Crippen molar-refractivity contribution in [3.8, 4) is 0 Å². The molecule has 0 amide bonds. The van der Waals surface area contributed by atoms with Crippen LogP contribution in [0.2, 0.25) is 0 Å². The van der Waals surface area contributed by atoms with E-state index in [1.54, 1.807) is 0 Å². The number of aromatic carboxylic acids is 1. The maximum Gasteiger partial charge on any atom is 0.347 e. The van der Waals surface area contributed by atoms with Gasteiger partial charge in [-0.25, -0.2) is 9.78 Å². The van der Waals surface area contributed by atoms with E-state index in [-0.39, 0.29) is 0 Å². The first-order valence-electron chi connectivity index (χ1n) is 5.28. The number of thiazole rings is 1. The fraction of sp³-hybridized carbons (Fsp3) is 0.600. The van der Waals surface area contributed by atoms with Crippen LogP contribution in [-0.2, 0) is 6.54 Å². The Hall–Kier alpha value is -0.460. The van der Waals surface area contributed by atoms with Gasteiger partial charge in [0, 0.05) is 12.6 Å². The van der Waals surface area contributed by atoms with E-state index in [0.717, 1.165) is 0 Å². The number of nitrogens with zero attached hydrogens (tertiary/aromatic N) is 1. The molecule has 0 spiro atoms. The minimum absolute atomic E-state index is 0.331. The molecule has 0 bridgehead atoms. The Labute approximate surface area is 106 Å². The molecule has 88 valence electrons. The van der Waals surface area contributed by atoms with Crippen LogP contribution in [0.1, 0.15) is 41.0 Å². The summed E-state index contributed by atoms with van der Waals surface area (Å²) in [6, 6.07) is 0.530. The maximum absolute atomic E-state index is 11.0. The summed E-state index contributed by atoms with van der Waals surface area (Å²) in [4.78, 5) is 15.5. The van der Waals surface area contributed by atoms with Crippen molar-refractivity contribution < 1.29 is 9.90 Å². The third kappa shape index (κ3) is 2.81. The van der Waals surface area contributed by atoms with E-state index in [4.69, 9.17) is 5.11 Å². The fourth-order valence-electron chi connectivity index (χ4n) is 1.98. The van der Waals surface area contributed by atoms with Crippen LogP contribution >= 0.6 is 27.3 Å². The van der Waals surface area contributed by atoms with E-state index in [9.17, 15) is 4.79 Å². The number of carboxylic acid groups (broad SMARTS) is 1. The number of halogens is 1. The smallest absolute Gasteiger partial charge is 0.347 e. The first-order valence-corrected chi connectivity index (χ1v) is 6.89. The predicted molar refractivity (Wildman–Crippen MR) is 65.9 cm³/mol. The zero-order valence-corrected chi connectivity index (χ0v) is 11.1. The second kappa shape index (κ2) is 5.25. The van der Waals surface area contributed by atoms with Crippen molar-refractivity contribution in [3.63, 3.8) is 0 Å². The second-order valence-corrected chi connectivity index (χ2v) is 6.19. The molecule has 0 aliphatic heterocycles. The van der Waals surface area contributed by atoms with Gasteiger partial charge >= 0.3 is 5.97 Å². The molecule has 0 aromatic carbocycles. The van der Waals surface area contributed by atoms with E-state index in [0.29, 0.717) is 27.1 Å². The van der Waals surface area contributed by atoms with Crippen molar-refractivity contribution >= 4 is 33.2 Å². The van der Waals surface area contributed by atoms with Crippen LogP contribution in [-0.4, -0.2) is 22.1 Å². The van der Waals surface area contributed by atoms with Gasteiger partial charge in [0.1, 0.15) is 4.88 Å². The molecule has 1 fully saturated rings. The molecule has 1 aromatic rings. The van der Waals surface area contributed by atoms with E-state index < -0.39 is 5.97 Å². The van der Waals surface area contributed by atoms with Gasteiger partial charge in [-0.1, -0.05) is 24.2 Å². The normalized spacial score (nSPS) is 16.8. The highest BCUT2D eigenvalue weighted by Gasteiger charge is 2.19. The molecular formula is C10H13BrN2O2S. The van der Waals surface area contributed by atoms with E-state index in [1.165, 1.54) is 37.0 Å². The third-order valence-electron chi connectivity index (χ3n) is 2.78. The predicted octanol–water partition coefficient (Wildman–Crippen LogP) is 2.64. The van der Waals surface area contributed by atoms with Crippen LogP contribution in [0.5, 0.6) is 0 Å². The average molecular weight is 305 g/mol. The van der Waals surface area contributed by atoms with Gasteiger partial charge in [0.15, 0.2) is 3.92 Å². The van der Waals surface area contributed by atoms with Gasteiger partial charge in [0.05, 0.1) is 5.69 Å². The van der Waals surface area contributed by atoms with Gasteiger partial charge < -0.3 is 10.4 Å². The average Bonchev–Trinajstić information content (AvgIpc) is 2.83. The van der Waals surface area contributed by atoms with Crippen LogP contribution in [0.15, 0.2) is 3.92 Å². The summed E-state index contributed by atoms with van der Waals surface area (Å²) in [6.45, 7) is 0.550. The molecular weight excluding hydrogens is 292 g/mol. The Morgan fingerprint density at radius 3 is 2.88 bits per heavy atom. The molecule has 1 aliphatic carbocycles. The van der Waals surface area contributed by atoms with Gasteiger partial charge in [-0.3, -0.25) is 0 Å². The van der Waals surface area contributed by atoms with Crippen LogP contribution in [0.25, 0.3) is 0 Å². The lowest BCUT2D eigenvalue weighted by molar-refractivity contribution is 0.0700. The lowest BCUT2D eigenvalue weighted by Crippen LogP contribution is -2.26. The molecule has 6 heteroatoms. The van der Waals surface area contributed by atoms with Crippen LogP contribution in [0, 0.1) is 0 Å². The fourth-order valence-corrected chi connectivity index (χ4v) is 3.33. The lowest BCUT2D eigenvalue weighted by Gasteiger charge is -2.10. The monoisotopic (exact) mass is 304 g/mol. The summed E-state index contributed by atoms with van der Waals surface area (Å²) in [5.41, 5.74) is 0.635. The molecule has 0 radical (unpaired) electrons. The number of rotatable bonds is 4. The van der Waals surface area contributed by atoms with Gasteiger partial charge in [-0.2, -0.15) is 0 Å². The second-order valence-electron chi connectivity index (χ2n) is 3.91.